The summed E-state index contributed by atoms with van der Waals surface area (Å²) in [5.41, 5.74) is -0.611. The minimum atomic E-state index is -0.611. The number of halogens is 1. The van der Waals surface area contributed by atoms with Crippen LogP contribution in [-0.2, 0) is 0 Å². The van der Waals surface area contributed by atoms with Gasteiger partial charge in [-0.15, -0.1) is 0 Å². The molecule has 0 aliphatic heterocycles. The van der Waals surface area contributed by atoms with E-state index in [1.54, 1.807) is 6.20 Å². The van der Waals surface area contributed by atoms with Crippen LogP contribution in [0.1, 0.15) is 39.0 Å². The number of aliphatic hydroxyl groups is 1. The predicted molar refractivity (Wildman–Crippen MR) is 82.5 cm³/mol. The van der Waals surface area contributed by atoms with Crippen molar-refractivity contribution < 1.29 is 5.11 Å². The Bertz CT molecular complexity index is 449. The molecule has 0 spiro atoms. The van der Waals surface area contributed by atoms with Crippen LogP contribution < -0.4 is 10.2 Å². The second-order valence-corrected chi connectivity index (χ2v) is 5.99. The van der Waals surface area contributed by atoms with Crippen LogP contribution in [0.25, 0.3) is 0 Å². The van der Waals surface area contributed by atoms with Crippen molar-refractivity contribution in [2.45, 2.75) is 44.6 Å². The second-order valence-electron chi connectivity index (χ2n) is 5.58. The summed E-state index contributed by atoms with van der Waals surface area (Å²) < 4.78 is 0. The first kappa shape index (κ1) is 15.3. The number of aromatic nitrogens is 2. The van der Waals surface area contributed by atoms with E-state index in [9.17, 15) is 5.11 Å². The number of likely N-dealkylation sites (N-methyl/N-ethyl adjacent to an activating group) is 1. The highest BCUT2D eigenvalue weighted by molar-refractivity contribution is 6.32. The molecule has 2 N–H and O–H groups in total. The van der Waals surface area contributed by atoms with Crippen LogP contribution in [0.4, 0.5) is 11.8 Å². The monoisotopic (exact) mass is 298 g/mol. The summed E-state index contributed by atoms with van der Waals surface area (Å²) in [5, 5.41) is 14.1. The zero-order valence-electron chi connectivity index (χ0n) is 12.2. The minimum Gasteiger partial charge on any atom is -0.388 e. The topological polar surface area (TPSA) is 61.3 Å². The van der Waals surface area contributed by atoms with E-state index in [4.69, 9.17) is 11.6 Å². The molecule has 1 aromatic rings. The molecule has 1 aliphatic rings. The summed E-state index contributed by atoms with van der Waals surface area (Å²) in [6.07, 6.45) is 6.49. The Kier molecular flexibility index (Phi) is 5.05. The Hall–Kier alpha value is -1.07. The Morgan fingerprint density at radius 2 is 2.15 bits per heavy atom. The smallest absolute Gasteiger partial charge is 0.224 e. The zero-order chi connectivity index (χ0) is 14.6. The fourth-order valence-electron chi connectivity index (χ4n) is 2.66. The van der Waals surface area contributed by atoms with Gasteiger partial charge in [-0.25, -0.2) is 4.98 Å². The lowest BCUT2D eigenvalue weighted by Gasteiger charge is -2.29. The fourth-order valence-corrected chi connectivity index (χ4v) is 2.89. The summed E-state index contributed by atoms with van der Waals surface area (Å²) in [5.74, 6) is 1.25. The van der Waals surface area contributed by atoms with Gasteiger partial charge in [0.15, 0.2) is 5.82 Å². The fraction of sp³-hybridized carbons (Fsp3) is 0.714. The van der Waals surface area contributed by atoms with Crippen molar-refractivity contribution in [2.24, 2.45) is 0 Å². The molecule has 0 radical (unpaired) electrons. The van der Waals surface area contributed by atoms with Crippen molar-refractivity contribution in [3.63, 3.8) is 0 Å². The third-order valence-corrected chi connectivity index (χ3v) is 3.95. The Morgan fingerprint density at radius 1 is 1.45 bits per heavy atom. The Morgan fingerprint density at radius 3 is 2.80 bits per heavy atom. The van der Waals surface area contributed by atoms with Crippen LogP contribution in [0.2, 0.25) is 5.02 Å². The molecule has 0 saturated heterocycles. The summed E-state index contributed by atoms with van der Waals surface area (Å²) in [6.45, 7) is 3.47. The standard InChI is InChI=1S/C14H23ClN4O/c1-3-8-16-13-17-9-11(15)12(18-13)19(2)10-14(20)6-4-5-7-14/h9,20H,3-8,10H2,1-2H3,(H,16,17,18). The summed E-state index contributed by atoms with van der Waals surface area (Å²) in [7, 11) is 1.91. The highest BCUT2D eigenvalue weighted by Crippen LogP contribution is 2.32. The molecule has 0 unspecified atom stereocenters. The average molecular weight is 299 g/mol. The summed E-state index contributed by atoms with van der Waals surface area (Å²) in [4.78, 5) is 10.5. The van der Waals surface area contributed by atoms with Gasteiger partial charge in [-0.3, -0.25) is 0 Å². The van der Waals surface area contributed by atoms with Crippen molar-refractivity contribution in [1.29, 1.82) is 0 Å². The van der Waals surface area contributed by atoms with E-state index in [0.717, 1.165) is 38.6 Å². The lowest BCUT2D eigenvalue weighted by atomic mass is 10.0. The van der Waals surface area contributed by atoms with E-state index < -0.39 is 5.60 Å². The molecule has 20 heavy (non-hydrogen) atoms. The van der Waals surface area contributed by atoms with Crippen LogP contribution in [0.15, 0.2) is 6.20 Å². The second kappa shape index (κ2) is 6.59. The largest absolute Gasteiger partial charge is 0.388 e. The Balaban J connectivity index is 2.09. The molecule has 5 nitrogen and oxygen atoms in total. The molecule has 1 aromatic heterocycles. The average Bonchev–Trinajstić information content (AvgIpc) is 2.84. The van der Waals surface area contributed by atoms with Crippen LogP contribution in [-0.4, -0.2) is 40.8 Å². The van der Waals surface area contributed by atoms with Gasteiger partial charge in [0.05, 0.1) is 11.8 Å². The van der Waals surface area contributed by atoms with Gasteiger partial charge in [0.2, 0.25) is 5.95 Å². The van der Waals surface area contributed by atoms with Gasteiger partial charge in [-0.05, 0) is 19.3 Å². The molecular weight excluding hydrogens is 276 g/mol. The van der Waals surface area contributed by atoms with Crippen molar-refractivity contribution in [3.8, 4) is 0 Å². The van der Waals surface area contributed by atoms with E-state index in [0.29, 0.717) is 23.3 Å². The molecule has 0 amide bonds. The first-order chi connectivity index (χ1) is 9.54. The highest BCUT2D eigenvalue weighted by Gasteiger charge is 2.33. The van der Waals surface area contributed by atoms with Gasteiger partial charge in [-0.1, -0.05) is 31.4 Å². The molecule has 0 atom stereocenters. The van der Waals surface area contributed by atoms with Gasteiger partial charge < -0.3 is 15.3 Å². The number of nitrogens with zero attached hydrogens (tertiary/aromatic N) is 3. The van der Waals surface area contributed by atoms with Crippen LogP contribution in [0.3, 0.4) is 0 Å². The summed E-state index contributed by atoms with van der Waals surface area (Å²) >= 11 is 6.18. The maximum absolute atomic E-state index is 10.5. The first-order valence-corrected chi connectivity index (χ1v) is 7.62. The van der Waals surface area contributed by atoms with E-state index >= 15 is 0 Å². The molecule has 1 saturated carbocycles. The minimum absolute atomic E-state index is 0.510. The summed E-state index contributed by atoms with van der Waals surface area (Å²) in [6, 6.07) is 0. The highest BCUT2D eigenvalue weighted by atomic mass is 35.5. The molecule has 1 aliphatic carbocycles. The molecular formula is C14H23ClN4O. The zero-order valence-corrected chi connectivity index (χ0v) is 12.9. The first-order valence-electron chi connectivity index (χ1n) is 7.24. The maximum atomic E-state index is 10.5. The van der Waals surface area contributed by atoms with Gasteiger partial charge >= 0.3 is 0 Å². The van der Waals surface area contributed by atoms with Crippen molar-refractivity contribution in [3.05, 3.63) is 11.2 Å². The van der Waals surface area contributed by atoms with Crippen LogP contribution >= 0.6 is 11.6 Å². The Labute approximate surface area is 125 Å². The third kappa shape index (κ3) is 3.73. The maximum Gasteiger partial charge on any atom is 0.224 e. The molecule has 2 rings (SSSR count). The van der Waals surface area contributed by atoms with E-state index in [1.165, 1.54) is 0 Å². The van der Waals surface area contributed by atoms with Crippen LogP contribution in [0, 0.1) is 0 Å². The van der Waals surface area contributed by atoms with Crippen molar-refractivity contribution in [2.75, 3.05) is 30.4 Å². The number of hydrogen-bond donors (Lipinski definition) is 2. The van der Waals surface area contributed by atoms with E-state index in [1.807, 2.05) is 11.9 Å². The van der Waals surface area contributed by atoms with E-state index in [2.05, 4.69) is 22.2 Å². The molecule has 1 fully saturated rings. The van der Waals surface area contributed by atoms with Crippen molar-refractivity contribution in [1.82, 2.24) is 9.97 Å². The molecule has 112 valence electrons. The SMILES string of the molecule is CCCNc1ncc(Cl)c(N(C)CC2(O)CCCC2)n1. The van der Waals surface area contributed by atoms with Gasteiger partial charge in [0.1, 0.15) is 5.02 Å². The van der Waals surface area contributed by atoms with Gasteiger partial charge in [-0.2, -0.15) is 4.98 Å². The van der Waals surface area contributed by atoms with E-state index in [-0.39, 0.29) is 0 Å². The quantitative estimate of drug-likeness (QED) is 0.845. The predicted octanol–water partition coefficient (Wildman–Crippen LogP) is 2.69. The van der Waals surface area contributed by atoms with Crippen LogP contribution in [0.5, 0.6) is 0 Å². The lowest BCUT2D eigenvalue weighted by molar-refractivity contribution is 0.0558. The number of rotatable bonds is 6. The van der Waals surface area contributed by atoms with Gasteiger partial charge in [0.25, 0.3) is 0 Å². The normalized spacial score (nSPS) is 17.2. The molecule has 0 bridgehead atoms. The third-order valence-electron chi connectivity index (χ3n) is 3.69. The number of hydrogen-bond acceptors (Lipinski definition) is 5. The van der Waals surface area contributed by atoms with Gasteiger partial charge in [0, 0.05) is 20.1 Å². The number of anilines is 2. The van der Waals surface area contributed by atoms with Crippen molar-refractivity contribution >= 4 is 23.4 Å². The molecule has 0 aromatic carbocycles. The number of nitrogens with one attached hydrogen (secondary N) is 1. The molecule has 6 heteroatoms. The molecule has 1 heterocycles. The lowest BCUT2D eigenvalue weighted by Crippen LogP contribution is -2.39.